The molecule has 0 spiro atoms. The van der Waals surface area contributed by atoms with Gasteiger partial charge in [-0.1, -0.05) is 20.8 Å². The normalized spacial score (nSPS) is 17.6. The number of carbonyl (C=O) groups is 2. The Hall–Kier alpha value is -1.66. The molecule has 0 aliphatic carbocycles. The molecule has 1 aromatic rings. The zero-order valence-corrected chi connectivity index (χ0v) is 16.0. The van der Waals surface area contributed by atoms with Crippen molar-refractivity contribution < 1.29 is 14.0 Å². The van der Waals surface area contributed by atoms with Crippen LogP contribution in [-0.4, -0.2) is 42.9 Å². The van der Waals surface area contributed by atoms with Gasteiger partial charge in [-0.3, -0.25) is 9.59 Å². The number of halogens is 2. The van der Waals surface area contributed by atoms with Gasteiger partial charge in [0.05, 0.1) is 5.56 Å². The van der Waals surface area contributed by atoms with E-state index in [1.807, 2.05) is 7.05 Å². The topological polar surface area (TPSA) is 61.4 Å². The highest BCUT2D eigenvalue weighted by Crippen LogP contribution is 2.22. The highest BCUT2D eigenvalue weighted by molar-refractivity contribution is 5.98. The lowest BCUT2D eigenvalue weighted by Gasteiger charge is -2.32. The number of likely N-dealkylation sites (tertiary alicyclic amines) is 1. The highest BCUT2D eigenvalue weighted by Gasteiger charge is 2.26. The van der Waals surface area contributed by atoms with E-state index >= 15 is 0 Å². The predicted molar refractivity (Wildman–Crippen MR) is 99.7 cm³/mol. The van der Waals surface area contributed by atoms with Crippen LogP contribution in [0, 0.1) is 11.2 Å². The maximum Gasteiger partial charge on any atom is 0.256 e. The smallest absolute Gasteiger partial charge is 0.256 e. The Morgan fingerprint density at radius 3 is 2.56 bits per heavy atom. The Kier molecular flexibility index (Phi) is 7.38. The van der Waals surface area contributed by atoms with Gasteiger partial charge in [0.15, 0.2) is 0 Å². The first kappa shape index (κ1) is 21.4. The number of benzene rings is 1. The van der Waals surface area contributed by atoms with Crippen LogP contribution in [-0.2, 0) is 4.79 Å². The van der Waals surface area contributed by atoms with Crippen LogP contribution in [0.1, 0.15) is 44.0 Å². The van der Waals surface area contributed by atoms with Gasteiger partial charge in [-0.15, -0.1) is 12.4 Å². The first-order valence-corrected chi connectivity index (χ1v) is 8.30. The van der Waals surface area contributed by atoms with Crippen molar-refractivity contribution in [1.29, 1.82) is 0 Å². The fraction of sp³-hybridized carbons (Fsp3) is 0.556. The molecule has 5 nitrogen and oxygen atoms in total. The van der Waals surface area contributed by atoms with Crippen LogP contribution in [0.3, 0.4) is 0 Å². The number of amides is 2. The maximum absolute atomic E-state index is 14.1. The van der Waals surface area contributed by atoms with Gasteiger partial charge < -0.3 is 15.5 Å². The van der Waals surface area contributed by atoms with Crippen LogP contribution in [0.5, 0.6) is 0 Å². The van der Waals surface area contributed by atoms with Gasteiger partial charge in [-0.2, -0.15) is 0 Å². The standard InChI is InChI=1S/C18H26FN3O2.ClH/c1-18(2,3)17(24)21-12-7-8-15(19)14(10-12)16(23)22-9-5-6-13(11-22)20-4;/h7-8,10,13,20H,5-6,9,11H2,1-4H3,(H,21,24);1H. The van der Waals surface area contributed by atoms with Crippen molar-refractivity contribution in [2.75, 3.05) is 25.5 Å². The molecule has 0 bridgehead atoms. The molecular weight excluding hydrogens is 345 g/mol. The number of carbonyl (C=O) groups excluding carboxylic acids is 2. The molecule has 1 aliphatic rings. The average Bonchev–Trinajstić information content (AvgIpc) is 2.55. The summed E-state index contributed by atoms with van der Waals surface area (Å²) in [5.41, 5.74) is -0.133. The third-order valence-electron chi connectivity index (χ3n) is 4.25. The Bertz CT molecular complexity index is 631. The van der Waals surface area contributed by atoms with E-state index in [9.17, 15) is 14.0 Å². The molecule has 1 aromatic carbocycles. The van der Waals surface area contributed by atoms with E-state index in [4.69, 9.17) is 0 Å². The number of nitrogens with one attached hydrogen (secondary N) is 2. The molecule has 140 valence electrons. The summed E-state index contributed by atoms with van der Waals surface area (Å²) in [6.07, 6.45) is 1.89. The van der Waals surface area contributed by atoms with Crippen molar-refractivity contribution in [2.24, 2.45) is 5.41 Å². The molecule has 1 heterocycles. The SMILES string of the molecule is CNC1CCCN(C(=O)c2cc(NC(=O)C(C)(C)C)ccc2F)C1.Cl. The lowest BCUT2D eigenvalue weighted by atomic mass is 9.95. The van der Waals surface area contributed by atoms with Gasteiger partial charge in [0.25, 0.3) is 5.91 Å². The number of hydrogen-bond acceptors (Lipinski definition) is 3. The Morgan fingerprint density at radius 2 is 1.96 bits per heavy atom. The van der Waals surface area contributed by atoms with Crippen LogP contribution < -0.4 is 10.6 Å². The van der Waals surface area contributed by atoms with Crippen LogP contribution in [0.15, 0.2) is 18.2 Å². The summed E-state index contributed by atoms with van der Waals surface area (Å²) in [5.74, 6) is -1.08. The quantitative estimate of drug-likeness (QED) is 0.858. The largest absolute Gasteiger partial charge is 0.337 e. The van der Waals surface area contributed by atoms with Crippen LogP contribution >= 0.6 is 12.4 Å². The van der Waals surface area contributed by atoms with E-state index < -0.39 is 11.2 Å². The van der Waals surface area contributed by atoms with Gasteiger partial charge in [-0.25, -0.2) is 4.39 Å². The second kappa shape index (κ2) is 8.63. The van der Waals surface area contributed by atoms with Crippen molar-refractivity contribution in [3.63, 3.8) is 0 Å². The van der Waals surface area contributed by atoms with Gasteiger partial charge in [-0.05, 0) is 38.1 Å². The number of piperidine rings is 1. The summed E-state index contributed by atoms with van der Waals surface area (Å²) in [5, 5.41) is 5.90. The van der Waals surface area contributed by atoms with Gasteiger partial charge in [0, 0.05) is 30.2 Å². The number of rotatable bonds is 3. The second-order valence-corrected chi connectivity index (χ2v) is 7.28. The van der Waals surface area contributed by atoms with E-state index in [1.54, 1.807) is 25.7 Å². The van der Waals surface area contributed by atoms with Gasteiger partial charge in [0.2, 0.25) is 5.91 Å². The molecule has 1 unspecified atom stereocenters. The van der Waals surface area contributed by atoms with Crippen molar-refractivity contribution in [2.45, 2.75) is 39.7 Å². The lowest BCUT2D eigenvalue weighted by molar-refractivity contribution is -0.123. The predicted octanol–water partition coefficient (Wildman–Crippen LogP) is 3.06. The van der Waals surface area contributed by atoms with Gasteiger partial charge >= 0.3 is 0 Å². The molecular formula is C18H27ClFN3O2. The van der Waals surface area contributed by atoms with Crippen molar-refractivity contribution in [3.05, 3.63) is 29.6 Å². The highest BCUT2D eigenvalue weighted by atomic mass is 35.5. The summed E-state index contributed by atoms with van der Waals surface area (Å²) in [7, 11) is 1.86. The molecule has 7 heteroatoms. The lowest BCUT2D eigenvalue weighted by Crippen LogP contribution is -2.47. The van der Waals surface area contributed by atoms with Crippen LogP contribution in [0.4, 0.5) is 10.1 Å². The average molecular weight is 372 g/mol. The fourth-order valence-corrected chi connectivity index (χ4v) is 2.65. The third-order valence-corrected chi connectivity index (χ3v) is 4.25. The molecule has 0 aromatic heterocycles. The summed E-state index contributed by atoms with van der Waals surface area (Å²) in [6, 6.07) is 4.35. The zero-order chi connectivity index (χ0) is 17.9. The first-order valence-electron chi connectivity index (χ1n) is 8.30. The molecule has 1 saturated heterocycles. The second-order valence-electron chi connectivity index (χ2n) is 7.28. The Labute approximate surface area is 154 Å². The monoisotopic (exact) mass is 371 g/mol. The Balaban J connectivity index is 0.00000312. The molecule has 2 rings (SSSR count). The van der Waals surface area contributed by atoms with Crippen molar-refractivity contribution >= 4 is 29.9 Å². The number of likely N-dealkylation sites (N-methyl/N-ethyl adjacent to an activating group) is 1. The molecule has 0 radical (unpaired) electrons. The zero-order valence-electron chi connectivity index (χ0n) is 15.2. The van der Waals surface area contributed by atoms with E-state index in [1.165, 1.54) is 18.2 Å². The van der Waals surface area contributed by atoms with Crippen molar-refractivity contribution in [3.8, 4) is 0 Å². The minimum absolute atomic E-state index is 0. The summed E-state index contributed by atoms with van der Waals surface area (Å²) in [6.45, 7) is 6.57. The molecule has 0 saturated carbocycles. The minimum atomic E-state index is -0.569. The van der Waals surface area contributed by atoms with Crippen LogP contribution in [0.2, 0.25) is 0 Å². The number of hydrogen-bond donors (Lipinski definition) is 2. The third kappa shape index (κ3) is 5.41. The fourth-order valence-electron chi connectivity index (χ4n) is 2.65. The maximum atomic E-state index is 14.1. The van der Waals surface area contributed by atoms with Gasteiger partial charge in [0.1, 0.15) is 5.82 Å². The molecule has 1 aliphatic heterocycles. The molecule has 1 fully saturated rings. The minimum Gasteiger partial charge on any atom is -0.337 e. The molecule has 1 atom stereocenters. The number of anilines is 1. The van der Waals surface area contributed by atoms with E-state index in [0.717, 1.165) is 12.8 Å². The van der Waals surface area contributed by atoms with E-state index in [-0.39, 0.29) is 35.8 Å². The molecule has 25 heavy (non-hydrogen) atoms. The summed E-state index contributed by atoms with van der Waals surface area (Å²) in [4.78, 5) is 26.4. The van der Waals surface area contributed by atoms with Crippen LogP contribution in [0.25, 0.3) is 0 Å². The molecule has 2 amide bonds. The summed E-state index contributed by atoms with van der Waals surface area (Å²) >= 11 is 0. The Morgan fingerprint density at radius 1 is 1.28 bits per heavy atom. The number of nitrogens with zero attached hydrogens (tertiary/aromatic N) is 1. The first-order chi connectivity index (χ1) is 11.2. The van der Waals surface area contributed by atoms with E-state index in [2.05, 4.69) is 10.6 Å². The molecule has 2 N–H and O–H groups in total. The summed E-state index contributed by atoms with van der Waals surface area (Å²) < 4.78 is 14.1. The van der Waals surface area contributed by atoms with E-state index in [0.29, 0.717) is 18.8 Å². The van der Waals surface area contributed by atoms with Crippen molar-refractivity contribution in [1.82, 2.24) is 10.2 Å².